The fourth-order valence-electron chi connectivity index (χ4n) is 4.64. The van der Waals surface area contributed by atoms with Gasteiger partial charge in [0, 0.05) is 0 Å². The van der Waals surface area contributed by atoms with Gasteiger partial charge in [0.1, 0.15) is 19.3 Å². The maximum Gasteiger partial charge on any atom is 0.368 e. The molecule has 1 aromatic heterocycles. The van der Waals surface area contributed by atoms with E-state index in [1.807, 2.05) is 0 Å². The van der Waals surface area contributed by atoms with Gasteiger partial charge in [-0.2, -0.15) is 14.8 Å². The quantitative estimate of drug-likeness (QED) is 0.177. The molecule has 3 aromatic carbocycles. The first-order valence-corrected chi connectivity index (χ1v) is 14.6. The van der Waals surface area contributed by atoms with Gasteiger partial charge >= 0.3 is 29.6 Å². The molecule has 4 aromatic rings. The van der Waals surface area contributed by atoms with Crippen LogP contribution in [0.15, 0.2) is 102 Å². The number of esters is 4. The zero-order valence-electron chi connectivity index (χ0n) is 25.1. The molecule has 0 saturated carbocycles. The van der Waals surface area contributed by atoms with E-state index < -0.39 is 60.7 Å². The summed E-state index contributed by atoms with van der Waals surface area (Å²) in [7, 11) is 0. The minimum absolute atomic E-state index is 0.0319. The lowest BCUT2D eigenvalue weighted by Crippen LogP contribution is -2.43. The third kappa shape index (κ3) is 8.23. The molecule has 1 N–H and O–H groups in total. The van der Waals surface area contributed by atoms with Gasteiger partial charge in [0.2, 0.25) is 0 Å². The zero-order valence-corrected chi connectivity index (χ0v) is 25.1. The molecule has 5 rings (SSSR count). The topological polar surface area (TPSA) is 174 Å². The van der Waals surface area contributed by atoms with Gasteiger partial charge in [-0.1, -0.05) is 54.6 Å². The SMILES string of the molecule is CCOC(=O)CNc1cnn(C2OC(COC(=O)c3ccccc3)C(OC(=O)c3ccccc3)C2OC(=O)c2ccccc2)c(=O)n1. The van der Waals surface area contributed by atoms with Crippen LogP contribution in [0.3, 0.4) is 0 Å². The third-order valence-electron chi connectivity index (χ3n) is 6.86. The first-order valence-electron chi connectivity index (χ1n) is 14.6. The summed E-state index contributed by atoms with van der Waals surface area (Å²) in [5.41, 5.74) is -0.312. The van der Waals surface area contributed by atoms with Crippen LogP contribution in [-0.2, 0) is 28.5 Å². The van der Waals surface area contributed by atoms with E-state index in [-0.39, 0.29) is 35.7 Å². The van der Waals surface area contributed by atoms with Gasteiger partial charge in [-0.3, -0.25) is 4.79 Å². The number of benzene rings is 3. The molecule has 4 atom stereocenters. The molecule has 1 saturated heterocycles. The van der Waals surface area contributed by atoms with Crippen molar-refractivity contribution in [3.8, 4) is 0 Å². The molecule has 0 bridgehead atoms. The fourth-order valence-corrected chi connectivity index (χ4v) is 4.64. The molecular formula is C33H30N4O10. The summed E-state index contributed by atoms with van der Waals surface area (Å²) in [6.07, 6.45) is -4.37. The highest BCUT2D eigenvalue weighted by Crippen LogP contribution is 2.34. The van der Waals surface area contributed by atoms with Gasteiger partial charge in [-0.05, 0) is 43.3 Å². The van der Waals surface area contributed by atoms with E-state index in [0.717, 1.165) is 10.9 Å². The minimum atomic E-state index is -1.48. The van der Waals surface area contributed by atoms with Gasteiger partial charge in [-0.15, -0.1) is 0 Å². The summed E-state index contributed by atoms with van der Waals surface area (Å²) in [4.78, 5) is 68.2. The Bertz CT molecular complexity index is 1750. The lowest BCUT2D eigenvalue weighted by Gasteiger charge is -2.24. The normalized spacial score (nSPS) is 18.5. The average molecular weight is 643 g/mol. The molecular weight excluding hydrogens is 612 g/mol. The van der Waals surface area contributed by atoms with E-state index in [1.54, 1.807) is 73.7 Å². The van der Waals surface area contributed by atoms with Gasteiger partial charge in [0.05, 0.1) is 29.5 Å². The van der Waals surface area contributed by atoms with E-state index in [1.165, 1.54) is 24.3 Å². The second-order valence-electron chi connectivity index (χ2n) is 10.0. The summed E-state index contributed by atoms with van der Waals surface area (Å²) < 4.78 is 29.0. The molecule has 4 unspecified atom stereocenters. The molecule has 14 nitrogen and oxygen atoms in total. The predicted molar refractivity (Wildman–Crippen MR) is 163 cm³/mol. The summed E-state index contributed by atoms with van der Waals surface area (Å²) in [5.74, 6) is -2.87. The molecule has 1 aliphatic rings. The van der Waals surface area contributed by atoms with Gasteiger partial charge < -0.3 is 29.0 Å². The van der Waals surface area contributed by atoms with Crippen LogP contribution in [0.5, 0.6) is 0 Å². The number of nitrogens with zero attached hydrogens (tertiary/aromatic N) is 3. The number of carbonyl (C=O) groups excluding carboxylic acids is 4. The molecule has 0 amide bonds. The predicted octanol–water partition coefficient (Wildman–Crippen LogP) is 2.82. The maximum atomic E-state index is 13.3. The Morgan fingerprint density at radius 1 is 0.766 bits per heavy atom. The summed E-state index contributed by atoms with van der Waals surface area (Å²) in [6, 6.07) is 24.3. The average Bonchev–Trinajstić information content (AvgIpc) is 3.43. The lowest BCUT2D eigenvalue weighted by atomic mass is 10.1. The maximum absolute atomic E-state index is 13.3. The smallest absolute Gasteiger partial charge is 0.368 e. The molecule has 0 aliphatic carbocycles. The van der Waals surface area contributed by atoms with Crippen molar-refractivity contribution in [2.45, 2.75) is 31.5 Å². The number of rotatable bonds is 12. The number of carbonyl (C=O) groups is 4. The fraction of sp³-hybridized carbons (Fsp3) is 0.242. The van der Waals surface area contributed by atoms with E-state index in [2.05, 4.69) is 15.4 Å². The highest BCUT2D eigenvalue weighted by molar-refractivity contribution is 5.91. The molecule has 0 spiro atoms. The van der Waals surface area contributed by atoms with Crippen LogP contribution in [0.25, 0.3) is 0 Å². The summed E-state index contributed by atoms with van der Waals surface area (Å²) in [6.45, 7) is 1.11. The van der Waals surface area contributed by atoms with Gasteiger partial charge in [0.25, 0.3) is 0 Å². The summed E-state index contributed by atoms with van der Waals surface area (Å²) in [5, 5.41) is 6.77. The van der Waals surface area contributed by atoms with Gasteiger partial charge in [-0.25, -0.2) is 19.2 Å². The van der Waals surface area contributed by atoms with Crippen LogP contribution in [0.1, 0.15) is 44.2 Å². The Balaban J connectivity index is 1.47. The monoisotopic (exact) mass is 642 g/mol. The van der Waals surface area contributed by atoms with Crippen molar-refractivity contribution in [1.82, 2.24) is 14.8 Å². The molecule has 0 radical (unpaired) electrons. The Kier molecular flexibility index (Phi) is 10.7. The van der Waals surface area contributed by atoms with Crippen molar-refractivity contribution in [1.29, 1.82) is 0 Å². The van der Waals surface area contributed by atoms with Crippen molar-refractivity contribution in [2.24, 2.45) is 0 Å². The second kappa shape index (κ2) is 15.4. The van der Waals surface area contributed by atoms with Gasteiger partial charge in [0.15, 0.2) is 24.3 Å². The number of anilines is 1. The van der Waals surface area contributed by atoms with Crippen molar-refractivity contribution in [3.63, 3.8) is 0 Å². The van der Waals surface area contributed by atoms with Crippen LogP contribution in [0, 0.1) is 0 Å². The first kappa shape index (κ1) is 32.5. The van der Waals surface area contributed by atoms with E-state index >= 15 is 0 Å². The van der Waals surface area contributed by atoms with Crippen molar-refractivity contribution < 1.29 is 42.9 Å². The minimum Gasteiger partial charge on any atom is -0.465 e. The van der Waals surface area contributed by atoms with Crippen LogP contribution >= 0.6 is 0 Å². The Labute approximate surface area is 268 Å². The Morgan fingerprint density at radius 2 is 1.30 bits per heavy atom. The van der Waals surface area contributed by atoms with Crippen LogP contribution in [0.4, 0.5) is 5.82 Å². The Morgan fingerprint density at radius 3 is 1.83 bits per heavy atom. The molecule has 47 heavy (non-hydrogen) atoms. The zero-order chi connectivity index (χ0) is 33.2. The summed E-state index contributed by atoms with van der Waals surface area (Å²) >= 11 is 0. The number of aromatic nitrogens is 3. The Hall–Kier alpha value is -5.89. The first-order chi connectivity index (χ1) is 22.8. The van der Waals surface area contributed by atoms with Crippen molar-refractivity contribution in [2.75, 3.05) is 25.1 Å². The van der Waals surface area contributed by atoms with Crippen LogP contribution in [-0.4, -0.2) is 76.7 Å². The number of nitrogens with one attached hydrogen (secondary N) is 1. The molecule has 2 heterocycles. The number of ether oxygens (including phenoxy) is 5. The third-order valence-corrected chi connectivity index (χ3v) is 6.86. The highest BCUT2D eigenvalue weighted by atomic mass is 16.7. The van der Waals surface area contributed by atoms with Crippen molar-refractivity contribution >= 4 is 29.7 Å². The molecule has 1 fully saturated rings. The number of hydrogen-bond acceptors (Lipinski definition) is 13. The van der Waals surface area contributed by atoms with E-state index in [9.17, 15) is 24.0 Å². The van der Waals surface area contributed by atoms with Crippen LogP contribution in [0.2, 0.25) is 0 Å². The lowest BCUT2D eigenvalue weighted by molar-refractivity contribution is -0.140. The largest absolute Gasteiger partial charge is 0.465 e. The van der Waals surface area contributed by atoms with Crippen LogP contribution < -0.4 is 11.0 Å². The van der Waals surface area contributed by atoms with E-state index in [0.29, 0.717) is 0 Å². The highest BCUT2D eigenvalue weighted by Gasteiger charge is 2.52. The molecule has 14 heteroatoms. The standard InChI is InChI=1S/C33H30N4O10/c1-2-43-26(38)19-34-25-18-35-37(33(42)36-25)29-28(47-32(41)23-16-10-5-11-17-23)27(46-31(40)22-14-8-4-9-15-22)24(45-29)20-44-30(39)21-12-6-3-7-13-21/h3-18,24,27-29H,2,19-20H2,1H3,(H,34,36,42). The second-order valence-corrected chi connectivity index (χ2v) is 10.0. The molecule has 242 valence electrons. The van der Waals surface area contributed by atoms with Crippen molar-refractivity contribution in [3.05, 3.63) is 124 Å². The van der Waals surface area contributed by atoms with E-state index in [4.69, 9.17) is 23.7 Å². The number of hydrogen-bond donors (Lipinski definition) is 1. The molecule has 1 aliphatic heterocycles.